The topological polar surface area (TPSA) is 140 Å². The minimum Gasteiger partial charge on any atom is -0.475 e. The Morgan fingerprint density at radius 2 is 1.89 bits per heavy atom. The minimum atomic E-state index is -5.08. The monoisotopic (exact) mass is 398 g/mol. The number of rotatable bonds is 3. The zero-order valence-corrected chi connectivity index (χ0v) is 14.4. The third-order valence-corrected chi connectivity index (χ3v) is 4.17. The number of primary amides is 1. The Hall–Kier alpha value is -3.21. The number of carbonyl (C=O) groups excluding carboxylic acids is 2. The van der Waals surface area contributed by atoms with Crippen molar-refractivity contribution in [3.8, 4) is 0 Å². The van der Waals surface area contributed by atoms with Crippen molar-refractivity contribution >= 4 is 28.6 Å². The zero-order valence-electron chi connectivity index (χ0n) is 14.4. The number of aromatic nitrogens is 1. The highest BCUT2D eigenvalue weighted by Gasteiger charge is 2.39. The first kappa shape index (κ1) is 21.1. The predicted molar refractivity (Wildman–Crippen MR) is 91.4 cm³/mol. The molecule has 150 valence electrons. The summed E-state index contributed by atoms with van der Waals surface area (Å²) in [5.41, 5.74) is 12.2. The van der Waals surface area contributed by atoms with E-state index in [4.69, 9.17) is 21.4 Å². The van der Waals surface area contributed by atoms with Crippen LogP contribution in [-0.4, -0.2) is 45.5 Å². The first-order valence-corrected chi connectivity index (χ1v) is 8.01. The number of alkyl halides is 3. The molecule has 1 fully saturated rings. The van der Waals surface area contributed by atoms with E-state index in [0.29, 0.717) is 13.0 Å². The van der Waals surface area contributed by atoms with Crippen molar-refractivity contribution in [1.29, 1.82) is 0 Å². The third-order valence-electron chi connectivity index (χ3n) is 4.17. The third kappa shape index (κ3) is 4.74. The summed E-state index contributed by atoms with van der Waals surface area (Å²) in [7, 11) is 0. The Balaban J connectivity index is 0.000000345. The van der Waals surface area contributed by atoms with Crippen LogP contribution in [0, 0.1) is 5.92 Å². The highest BCUT2D eigenvalue weighted by Crippen LogP contribution is 2.27. The molecule has 0 unspecified atom stereocenters. The second-order valence-corrected chi connectivity index (χ2v) is 6.01. The average molecular weight is 398 g/mol. The van der Waals surface area contributed by atoms with Crippen molar-refractivity contribution in [2.45, 2.75) is 18.8 Å². The first-order valence-electron chi connectivity index (χ1n) is 8.01. The Morgan fingerprint density at radius 3 is 2.43 bits per heavy atom. The quantitative estimate of drug-likeness (QED) is 0.663. The second kappa shape index (κ2) is 8.21. The van der Waals surface area contributed by atoms with Gasteiger partial charge in [-0.2, -0.15) is 13.2 Å². The van der Waals surface area contributed by atoms with E-state index in [2.05, 4.69) is 4.98 Å². The molecule has 1 saturated heterocycles. The van der Waals surface area contributed by atoms with Crippen LogP contribution < -0.4 is 11.5 Å². The number of hydrogen-bond acceptors (Lipinski definition) is 5. The molecule has 0 bridgehead atoms. The number of fused-ring (bicyclic) bond motifs is 1. The molecule has 1 aliphatic rings. The van der Waals surface area contributed by atoms with Gasteiger partial charge in [0.2, 0.25) is 11.8 Å². The number of carbonyl (C=O) groups is 3. The number of carboxylic acids is 1. The van der Waals surface area contributed by atoms with Gasteiger partial charge in [-0.25, -0.2) is 4.79 Å². The van der Waals surface area contributed by atoms with Gasteiger partial charge in [0.05, 0.1) is 0 Å². The van der Waals surface area contributed by atoms with Gasteiger partial charge in [0, 0.05) is 24.3 Å². The van der Waals surface area contributed by atoms with Gasteiger partial charge >= 0.3 is 12.1 Å². The van der Waals surface area contributed by atoms with Gasteiger partial charge in [-0.1, -0.05) is 12.1 Å². The van der Waals surface area contributed by atoms with Crippen LogP contribution in [0.15, 0.2) is 36.7 Å². The van der Waals surface area contributed by atoms with Crippen LogP contribution >= 0.6 is 0 Å². The molecule has 2 aromatic rings. The summed E-state index contributed by atoms with van der Waals surface area (Å²) in [6, 6.07) is 7.66. The molecular formula is C17H17F3N4O4. The molecule has 28 heavy (non-hydrogen) atoms. The van der Waals surface area contributed by atoms with Gasteiger partial charge < -0.3 is 21.5 Å². The molecule has 3 rings (SSSR count). The van der Waals surface area contributed by atoms with Gasteiger partial charge in [0.15, 0.2) is 0 Å². The zero-order chi connectivity index (χ0) is 21.1. The summed E-state index contributed by atoms with van der Waals surface area (Å²) >= 11 is 0. The lowest BCUT2D eigenvalue weighted by atomic mass is 10.1. The van der Waals surface area contributed by atoms with Gasteiger partial charge in [-0.3, -0.25) is 14.6 Å². The molecular weight excluding hydrogens is 381 g/mol. The summed E-state index contributed by atoms with van der Waals surface area (Å²) in [5.74, 6) is -4.38. The Morgan fingerprint density at radius 1 is 1.25 bits per heavy atom. The van der Waals surface area contributed by atoms with Crippen LogP contribution in [0.25, 0.3) is 10.8 Å². The lowest BCUT2D eigenvalue weighted by Crippen LogP contribution is -2.39. The number of halogens is 3. The van der Waals surface area contributed by atoms with E-state index < -0.39 is 30.1 Å². The van der Waals surface area contributed by atoms with Gasteiger partial charge in [-0.05, 0) is 29.5 Å². The van der Waals surface area contributed by atoms with Crippen LogP contribution in [0.2, 0.25) is 0 Å². The van der Waals surface area contributed by atoms with Crippen LogP contribution in [0.4, 0.5) is 13.2 Å². The Bertz CT molecular complexity index is 903. The van der Waals surface area contributed by atoms with Crippen molar-refractivity contribution < 1.29 is 32.7 Å². The maximum Gasteiger partial charge on any atom is 0.490 e. The average Bonchev–Trinajstić information content (AvgIpc) is 3.02. The van der Waals surface area contributed by atoms with Crippen LogP contribution in [-0.2, 0) is 14.4 Å². The number of pyridine rings is 1. The number of amides is 2. The highest BCUT2D eigenvalue weighted by molar-refractivity contribution is 6.01. The molecule has 2 atom stereocenters. The molecule has 5 N–H and O–H groups in total. The number of likely N-dealkylation sites (tertiary alicyclic amines) is 1. The van der Waals surface area contributed by atoms with Crippen molar-refractivity contribution in [3.05, 3.63) is 42.2 Å². The van der Waals surface area contributed by atoms with E-state index in [1.54, 1.807) is 12.4 Å². The number of carboxylic acid groups (broad SMARTS) is 1. The maximum absolute atomic E-state index is 12.2. The summed E-state index contributed by atoms with van der Waals surface area (Å²) in [5, 5.41) is 9.15. The van der Waals surface area contributed by atoms with Crippen LogP contribution in [0.3, 0.4) is 0 Å². The van der Waals surface area contributed by atoms with E-state index in [1.165, 1.54) is 4.90 Å². The Labute approximate surface area is 156 Å². The first-order chi connectivity index (χ1) is 13.0. The molecule has 2 amide bonds. The fourth-order valence-electron chi connectivity index (χ4n) is 2.71. The molecule has 1 aliphatic heterocycles. The van der Waals surface area contributed by atoms with Gasteiger partial charge in [0.25, 0.3) is 0 Å². The Kier molecular flexibility index (Phi) is 6.19. The van der Waals surface area contributed by atoms with Crippen molar-refractivity contribution in [2.24, 2.45) is 17.4 Å². The number of hydrogen-bond donors (Lipinski definition) is 3. The molecule has 0 spiro atoms. The number of aliphatic carboxylic acids is 1. The SMILES string of the molecule is NC(=O)[C@@H]1CCN([C@@H](N)c2ccc3ccncc3c2)C1=O.O=C(O)C(F)(F)F. The molecule has 11 heteroatoms. The standard InChI is InChI=1S/C15H16N4O2.C2HF3O2/c16-13(19-6-4-12(14(17)20)15(19)21)10-2-1-9-3-5-18-8-11(9)7-10;3-2(4,5)1(6)7/h1-3,5,7-8,12-13H,4,6,16H2,(H2,17,20);(H,6,7)/t12-,13+;/m0./s1. The molecule has 0 aliphatic carbocycles. The highest BCUT2D eigenvalue weighted by atomic mass is 19.4. The smallest absolute Gasteiger partial charge is 0.475 e. The van der Waals surface area contributed by atoms with E-state index in [-0.39, 0.29) is 5.91 Å². The number of nitrogens with two attached hydrogens (primary N) is 2. The van der Waals surface area contributed by atoms with E-state index in [1.807, 2.05) is 24.3 Å². The van der Waals surface area contributed by atoms with Gasteiger partial charge in [0.1, 0.15) is 12.1 Å². The molecule has 0 radical (unpaired) electrons. The fourth-order valence-corrected chi connectivity index (χ4v) is 2.71. The number of benzene rings is 1. The molecule has 8 nitrogen and oxygen atoms in total. The van der Waals surface area contributed by atoms with E-state index in [0.717, 1.165) is 16.3 Å². The van der Waals surface area contributed by atoms with Crippen molar-refractivity contribution in [1.82, 2.24) is 9.88 Å². The predicted octanol–water partition coefficient (Wildman–Crippen LogP) is 1.16. The largest absolute Gasteiger partial charge is 0.490 e. The summed E-state index contributed by atoms with van der Waals surface area (Å²) in [6.07, 6.45) is -1.75. The molecule has 0 saturated carbocycles. The maximum atomic E-state index is 12.2. The lowest BCUT2D eigenvalue weighted by molar-refractivity contribution is -0.192. The minimum absolute atomic E-state index is 0.290. The lowest BCUT2D eigenvalue weighted by Gasteiger charge is -2.25. The summed E-state index contributed by atoms with van der Waals surface area (Å²) < 4.78 is 31.7. The molecule has 1 aromatic heterocycles. The normalized spacial score (nSPS) is 17.8. The summed E-state index contributed by atoms with van der Waals surface area (Å²) in [6.45, 7) is 0.443. The summed E-state index contributed by atoms with van der Waals surface area (Å²) in [4.78, 5) is 37.9. The molecule has 1 aromatic carbocycles. The van der Waals surface area contributed by atoms with Crippen LogP contribution in [0.5, 0.6) is 0 Å². The van der Waals surface area contributed by atoms with Crippen molar-refractivity contribution in [3.63, 3.8) is 0 Å². The van der Waals surface area contributed by atoms with E-state index >= 15 is 0 Å². The van der Waals surface area contributed by atoms with E-state index in [9.17, 15) is 22.8 Å². The van der Waals surface area contributed by atoms with Crippen LogP contribution in [0.1, 0.15) is 18.2 Å². The van der Waals surface area contributed by atoms with Gasteiger partial charge in [-0.15, -0.1) is 0 Å². The number of nitrogens with zero attached hydrogens (tertiary/aromatic N) is 2. The second-order valence-electron chi connectivity index (χ2n) is 6.01. The van der Waals surface area contributed by atoms with Crippen molar-refractivity contribution in [2.75, 3.05) is 6.54 Å². The molecule has 2 heterocycles. The fraction of sp³-hybridized carbons (Fsp3) is 0.294.